The Balaban J connectivity index is 1.80. The first kappa shape index (κ1) is 16.0. The molecule has 2 N–H and O–H groups in total. The summed E-state index contributed by atoms with van der Waals surface area (Å²) in [6.45, 7) is 0. The van der Waals surface area contributed by atoms with Gasteiger partial charge in [0, 0.05) is 0 Å². The van der Waals surface area contributed by atoms with Crippen LogP contribution < -0.4 is 20.3 Å². The molecule has 6 nitrogen and oxygen atoms in total. The molecule has 0 saturated carbocycles. The molecule has 0 saturated heterocycles. The molecule has 1 aromatic heterocycles. The maximum Gasteiger partial charge on any atom is 0.277 e. The molecule has 0 unspecified atom stereocenters. The Morgan fingerprint density at radius 2 is 1.88 bits per heavy atom. The van der Waals surface area contributed by atoms with E-state index in [0.717, 1.165) is 0 Å². The average Bonchev–Trinajstić information content (AvgIpc) is 3.00. The Bertz CT molecular complexity index is 875. The molecular formula is C16H14FN3O3S. The predicted molar refractivity (Wildman–Crippen MR) is 90.2 cm³/mol. The number of hydrogen-bond acceptors (Lipinski definition) is 6. The van der Waals surface area contributed by atoms with Gasteiger partial charge in [0.2, 0.25) is 5.13 Å². The van der Waals surface area contributed by atoms with Gasteiger partial charge in [0.15, 0.2) is 0 Å². The molecule has 0 aliphatic heterocycles. The maximum absolute atomic E-state index is 13.2. The number of anilines is 1. The van der Waals surface area contributed by atoms with Crippen LogP contribution in [0.4, 0.5) is 9.52 Å². The highest BCUT2D eigenvalue weighted by molar-refractivity contribution is 7.22. The van der Waals surface area contributed by atoms with Crippen molar-refractivity contribution in [1.29, 1.82) is 0 Å². The summed E-state index contributed by atoms with van der Waals surface area (Å²) in [5.41, 5.74) is 6.19. The van der Waals surface area contributed by atoms with Gasteiger partial charge in [0.25, 0.3) is 5.91 Å². The molecule has 3 aromatic rings. The van der Waals surface area contributed by atoms with Gasteiger partial charge in [-0.05, 0) is 30.3 Å². The number of nitrogens with zero attached hydrogens (tertiary/aromatic N) is 1. The van der Waals surface area contributed by atoms with E-state index >= 15 is 0 Å². The van der Waals surface area contributed by atoms with E-state index in [-0.39, 0.29) is 11.4 Å². The summed E-state index contributed by atoms with van der Waals surface area (Å²) in [6, 6.07) is 9.37. The number of rotatable bonds is 5. The van der Waals surface area contributed by atoms with E-state index in [1.54, 1.807) is 24.3 Å². The number of halogens is 1. The van der Waals surface area contributed by atoms with E-state index in [2.05, 4.69) is 15.8 Å². The van der Waals surface area contributed by atoms with E-state index in [9.17, 15) is 9.18 Å². The summed E-state index contributed by atoms with van der Waals surface area (Å²) in [6.07, 6.45) is 0. The highest BCUT2D eigenvalue weighted by Gasteiger charge is 2.18. The number of methoxy groups -OCH3 is 2. The lowest BCUT2D eigenvalue weighted by molar-refractivity contribution is 0.0956. The molecule has 0 fully saturated rings. The molecule has 0 radical (unpaired) electrons. The van der Waals surface area contributed by atoms with Crippen molar-refractivity contribution in [3.05, 3.63) is 47.8 Å². The van der Waals surface area contributed by atoms with Crippen molar-refractivity contribution in [1.82, 2.24) is 10.4 Å². The molecule has 1 amide bonds. The number of hydrogen-bond donors (Lipinski definition) is 2. The number of fused-ring (bicyclic) bond motifs is 1. The van der Waals surface area contributed by atoms with E-state index in [1.807, 2.05) is 0 Å². The normalized spacial score (nSPS) is 10.5. The van der Waals surface area contributed by atoms with Crippen molar-refractivity contribution < 1.29 is 18.7 Å². The minimum atomic E-state index is -0.435. The standard InChI is InChI=1S/C16H14FN3O3S/c1-22-11-4-3-5-12(23-2)14(11)15(21)19-20-16-18-10-7-6-9(17)8-13(10)24-16/h3-8H,1-2H3,(H,18,20)(H,19,21). The summed E-state index contributed by atoms with van der Waals surface area (Å²) >= 11 is 1.23. The van der Waals surface area contributed by atoms with Gasteiger partial charge >= 0.3 is 0 Å². The summed E-state index contributed by atoms with van der Waals surface area (Å²) in [4.78, 5) is 16.7. The van der Waals surface area contributed by atoms with Crippen molar-refractivity contribution in [2.45, 2.75) is 0 Å². The molecule has 1 heterocycles. The zero-order valence-electron chi connectivity index (χ0n) is 12.9. The number of aromatic nitrogens is 1. The van der Waals surface area contributed by atoms with Crippen LogP contribution >= 0.6 is 11.3 Å². The summed E-state index contributed by atoms with van der Waals surface area (Å²) in [5.74, 6) is 0.00951. The number of ether oxygens (including phenoxy) is 2. The second-order valence-corrected chi connectivity index (χ2v) is 5.78. The van der Waals surface area contributed by atoms with Crippen LogP contribution in [-0.2, 0) is 0 Å². The second kappa shape index (κ2) is 6.71. The summed E-state index contributed by atoms with van der Waals surface area (Å²) in [7, 11) is 2.95. The molecular weight excluding hydrogens is 333 g/mol. The monoisotopic (exact) mass is 347 g/mol. The second-order valence-electron chi connectivity index (χ2n) is 4.75. The van der Waals surface area contributed by atoms with Crippen LogP contribution in [0.5, 0.6) is 11.5 Å². The van der Waals surface area contributed by atoms with Crippen LogP contribution in [0, 0.1) is 5.82 Å². The zero-order valence-corrected chi connectivity index (χ0v) is 13.7. The van der Waals surface area contributed by atoms with Crippen LogP contribution in [0.3, 0.4) is 0 Å². The third-order valence-corrected chi connectivity index (χ3v) is 4.22. The molecule has 0 spiro atoms. The minimum absolute atomic E-state index is 0.266. The lowest BCUT2D eigenvalue weighted by atomic mass is 10.1. The van der Waals surface area contributed by atoms with Crippen molar-refractivity contribution >= 4 is 32.6 Å². The lowest BCUT2D eigenvalue weighted by Gasteiger charge is -2.12. The van der Waals surface area contributed by atoms with Gasteiger partial charge in [0.05, 0.1) is 24.4 Å². The fraction of sp³-hybridized carbons (Fsp3) is 0.125. The van der Waals surface area contributed by atoms with Gasteiger partial charge in [-0.3, -0.25) is 15.6 Å². The van der Waals surface area contributed by atoms with Crippen molar-refractivity contribution in [3.63, 3.8) is 0 Å². The molecule has 8 heteroatoms. The third kappa shape index (κ3) is 3.09. The zero-order chi connectivity index (χ0) is 17.1. The van der Waals surface area contributed by atoms with Crippen LogP contribution in [0.2, 0.25) is 0 Å². The van der Waals surface area contributed by atoms with Crippen LogP contribution in [0.15, 0.2) is 36.4 Å². The van der Waals surface area contributed by atoms with Gasteiger partial charge in [-0.2, -0.15) is 0 Å². The molecule has 0 atom stereocenters. The van der Waals surface area contributed by atoms with Gasteiger partial charge in [-0.15, -0.1) is 0 Å². The molecule has 24 heavy (non-hydrogen) atoms. The topological polar surface area (TPSA) is 72.5 Å². The quantitative estimate of drug-likeness (QED) is 0.694. The molecule has 0 aliphatic rings. The fourth-order valence-corrected chi connectivity index (χ4v) is 3.04. The van der Waals surface area contributed by atoms with Gasteiger partial charge in [-0.1, -0.05) is 17.4 Å². The Morgan fingerprint density at radius 1 is 1.17 bits per heavy atom. The molecule has 0 bridgehead atoms. The Morgan fingerprint density at radius 3 is 2.54 bits per heavy atom. The van der Waals surface area contributed by atoms with E-state index in [4.69, 9.17) is 9.47 Å². The summed E-state index contributed by atoms with van der Waals surface area (Å²) < 4.78 is 24.3. The maximum atomic E-state index is 13.2. The number of amides is 1. The largest absolute Gasteiger partial charge is 0.496 e. The molecule has 0 aliphatic carbocycles. The first-order valence-electron chi connectivity index (χ1n) is 6.96. The number of hydrazine groups is 1. The third-order valence-electron chi connectivity index (χ3n) is 3.29. The highest BCUT2D eigenvalue weighted by Crippen LogP contribution is 2.29. The van der Waals surface area contributed by atoms with Crippen molar-refractivity contribution in [2.24, 2.45) is 0 Å². The van der Waals surface area contributed by atoms with E-state index < -0.39 is 5.91 Å². The molecule has 124 valence electrons. The average molecular weight is 347 g/mol. The van der Waals surface area contributed by atoms with Gasteiger partial charge < -0.3 is 9.47 Å². The van der Waals surface area contributed by atoms with Gasteiger partial charge in [0.1, 0.15) is 22.9 Å². The predicted octanol–water partition coefficient (Wildman–Crippen LogP) is 3.21. The smallest absolute Gasteiger partial charge is 0.277 e. The van der Waals surface area contributed by atoms with Crippen LogP contribution in [-0.4, -0.2) is 25.1 Å². The van der Waals surface area contributed by atoms with E-state index in [0.29, 0.717) is 26.8 Å². The number of nitrogens with one attached hydrogen (secondary N) is 2. The number of carbonyl (C=O) groups is 1. The van der Waals surface area contributed by atoms with Gasteiger partial charge in [-0.25, -0.2) is 9.37 Å². The van der Waals surface area contributed by atoms with Crippen molar-refractivity contribution in [3.8, 4) is 11.5 Å². The summed E-state index contributed by atoms with van der Waals surface area (Å²) in [5, 5.41) is 0.442. The first-order chi connectivity index (χ1) is 11.6. The SMILES string of the molecule is COc1cccc(OC)c1C(=O)NNc1nc2ccc(F)cc2s1. The first-order valence-corrected chi connectivity index (χ1v) is 7.77. The number of benzene rings is 2. The Hall–Kier alpha value is -2.87. The molecule has 2 aromatic carbocycles. The minimum Gasteiger partial charge on any atom is -0.496 e. The molecule has 3 rings (SSSR count). The fourth-order valence-electron chi connectivity index (χ4n) is 2.20. The Labute approximate surface area is 141 Å². The van der Waals surface area contributed by atoms with Crippen molar-refractivity contribution in [2.75, 3.05) is 19.6 Å². The lowest BCUT2D eigenvalue weighted by Crippen LogP contribution is -2.30. The highest BCUT2D eigenvalue weighted by atomic mass is 32.1. The van der Waals surface area contributed by atoms with Crippen LogP contribution in [0.25, 0.3) is 10.2 Å². The van der Waals surface area contributed by atoms with Crippen LogP contribution in [0.1, 0.15) is 10.4 Å². The number of carbonyl (C=O) groups excluding carboxylic acids is 1. The van der Waals surface area contributed by atoms with E-state index in [1.165, 1.54) is 37.7 Å². The number of thiazole rings is 1. The Kier molecular flexibility index (Phi) is 4.48.